The molecule has 1 aromatic carbocycles. The smallest absolute Gasteiger partial charge is 0.303 e. The average molecular weight is 261 g/mol. The minimum atomic E-state index is -0.775. The van der Waals surface area contributed by atoms with Crippen molar-refractivity contribution in [1.82, 2.24) is 0 Å². The van der Waals surface area contributed by atoms with Crippen LogP contribution in [0.25, 0.3) is 0 Å². The second kappa shape index (κ2) is 6.36. The summed E-state index contributed by atoms with van der Waals surface area (Å²) in [5.74, 6) is -0.622. The summed E-state index contributed by atoms with van der Waals surface area (Å²) in [7, 11) is 0. The first-order valence-electron chi connectivity index (χ1n) is 6.78. The molecule has 0 unspecified atom stereocenters. The molecule has 4 nitrogen and oxygen atoms in total. The van der Waals surface area contributed by atoms with Crippen LogP contribution >= 0.6 is 0 Å². The minimum Gasteiger partial charge on any atom is -0.481 e. The van der Waals surface area contributed by atoms with Crippen molar-refractivity contribution < 1.29 is 14.7 Å². The number of aryl methyl sites for hydroxylation is 1. The summed E-state index contributed by atoms with van der Waals surface area (Å²) in [6.45, 7) is 0.614. The lowest BCUT2D eigenvalue weighted by atomic mass is 10.1. The molecular weight excluding hydrogens is 242 g/mol. The molecule has 0 spiro atoms. The first kappa shape index (κ1) is 13.6. The molecule has 19 heavy (non-hydrogen) atoms. The van der Waals surface area contributed by atoms with Gasteiger partial charge in [0.1, 0.15) is 0 Å². The summed E-state index contributed by atoms with van der Waals surface area (Å²) in [5, 5.41) is 8.62. The van der Waals surface area contributed by atoms with Crippen molar-refractivity contribution in [2.24, 2.45) is 0 Å². The molecular formula is C15H19NO3. The maximum Gasteiger partial charge on any atom is 0.303 e. The molecule has 1 aromatic rings. The number of anilines is 1. The number of hydrogen-bond donors (Lipinski definition) is 1. The van der Waals surface area contributed by atoms with Crippen LogP contribution in [0.1, 0.15) is 37.7 Å². The van der Waals surface area contributed by atoms with Gasteiger partial charge in [0.2, 0.25) is 5.91 Å². The molecule has 1 heterocycles. The normalized spacial score (nSPS) is 14.9. The van der Waals surface area contributed by atoms with Crippen molar-refractivity contribution >= 4 is 17.6 Å². The van der Waals surface area contributed by atoms with E-state index in [2.05, 4.69) is 6.07 Å². The molecule has 4 heteroatoms. The van der Waals surface area contributed by atoms with Gasteiger partial charge in [0.05, 0.1) is 0 Å². The zero-order valence-corrected chi connectivity index (χ0v) is 11.0. The molecule has 0 bridgehead atoms. The van der Waals surface area contributed by atoms with Crippen molar-refractivity contribution in [3.8, 4) is 0 Å². The Morgan fingerprint density at radius 3 is 2.79 bits per heavy atom. The molecule has 0 saturated heterocycles. The third kappa shape index (κ3) is 3.56. The first-order chi connectivity index (χ1) is 9.18. The van der Waals surface area contributed by atoms with Crippen molar-refractivity contribution in [2.45, 2.75) is 38.5 Å². The highest BCUT2D eigenvalue weighted by Gasteiger charge is 2.21. The van der Waals surface area contributed by atoms with Crippen LogP contribution in [-0.2, 0) is 16.0 Å². The predicted octanol–water partition coefficient (Wildman–Crippen LogP) is 2.61. The van der Waals surface area contributed by atoms with Crippen LogP contribution in [-0.4, -0.2) is 23.5 Å². The van der Waals surface area contributed by atoms with Gasteiger partial charge in [-0.25, -0.2) is 0 Å². The molecule has 0 fully saturated rings. The lowest BCUT2D eigenvalue weighted by Gasteiger charge is -2.22. The number of rotatable bonds is 5. The minimum absolute atomic E-state index is 0.153. The van der Waals surface area contributed by atoms with Gasteiger partial charge in [0, 0.05) is 25.1 Å². The summed E-state index contributed by atoms with van der Waals surface area (Å²) in [5.41, 5.74) is 2.21. The van der Waals surface area contributed by atoms with Crippen LogP contribution in [0.2, 0.25) is 0 Å². The number of nitrogens with zero attached hydrogens (tertiary/aromatic N) is 1. The van der Waals surface area contributed by atoms with Crippen LogP contribution in [0.3, 0.4) is 0 Å². The Bertz CT molecular complexity index is 470. The van der Waals surface area contributed by atoms with E-state index in [4.69, 9.17) is 5.11 Å². The first-order valence-corrected chi connectivity index (χ1v) is 6.78. The number of unbranched alkanes of at least 4 members (excludes halogenated alkanes) is 1. The van der Waals surface area contributed by atoms with Crippen molar-refractivity contribution in [1.29, 1.82) is 0 Å². The standard InChI is InChI=1S/C15H19NO3/c17-14-9-5-7-12-6-1-2-8-13(12)16(14)11-4-3-10-15(18)19/h1-2,6,8H,3-5,7,9-11H2,(H,18,19). The van der Waals surface area contributed by atoms with Gasteiger partial charge in [0.15, 0.2) is 0 Å². The molecule has 1 N–H and O–H groups in total. The summed E-state index contributed by atoms with van der Waals surface area (Å²) >= 11 is 0. The number of carboxylic acids is 1. The number of carbonyl (C=O) groups excluding carboxylic acids is 1. The fraction of sp³-hybridized carbons (Fsp3) is 0.467. The molecule has 0 atom stereocenters. The number of aliphatic carboxylic acids is 1. The second-order valence-corrected chi connectivity index (χ2v) is 4.88. The Balaban J connectivity index is 2.04. The molecule has 0 aromatic heterocycles. The average Bonchev–Trinajstić information content (AvgIpc) is 2.54. The van der Waals surface area contributed by atoms with E-state index in [1.807, 2.05) is 23.1 Å². The van der Waals surface area contributed by atoms with Gasteiger partial charge in [-0.2, -0.15) is 0 Å². The van der Waals surface area contributed by atoms with Gasteiger partial charge in [0.25, 0.3) is 0 Å². The van der Waals surface area contributed by atoms with E-state index < -0.39 is 5.97 Å². The summed E-state index contributed by atoms with van der Waals surface area (Å²) < 4.78 is 0. The Hall–Kier alpha value is -1.84. The molecule has 0 aliphatic carbocycles. The second-order valence-electron chi connectivity index (χ2n) is 4.88. The lowest BCUT2D eigenvalue weighted by Crippen LogP contribution is -2.31. The number of benzene rings is 1. The maximum absolute atomic E-state index is 12.1. The zero-order chi connectivity index (χ0) is 13.7. The van der Waals surface area contributed by atoms with Crippen LogP contribution in [0.4, 0.5) is 5.69 Å². The molecule has 2 rings (SSSR count). The van der Waals surface area contributed by atoms with Crippen molar-refractivity contribution in [2.75, 3.05) is 11.4 Å². The maximum atomic E-state index is 12.1. The van der Waals surface area contributed by atoms with E-state index in [1.54, 1.807) is 0 Å². The Morgan fingerprint density at radius 1 is 1.21 bits per heavy atom. The predicted molar refractivity (Wildman–Crippen MR) is 73.2 cm³/mol. The summed E-state index contributed by atoms with van der Waals surface area (Å²) in [6.07, 6.45) is 3.92. The Kier molecular flexibility index (Phi) is 4.55. The van der Waals surface area contributed by atoms with Crippen molar-refractivity contribution in [3.05, 3.63) is 29.8 Å². The lowest BCUT2D eigenvalue weighted by molar-refractivity contribution is -0.137. The highest BCUT2D eigenvalue weighted by atomic mass is 16.4. The number of para-hydroxylation sites is 1. The Labute approximate surface area is 113 Å². The molecule has 0 radical (unpaired) electrons. The fourth-order valence-electron chi connectivity index (χ4n) is 2.48. The van der Waals surface area contributed by atoms with Crippen LogP contribution < -0.4 is 4.90 Å². The summed E-state index contributed by atoms with van der Waals surface area (Å²) in [6, 6.07) is 7.99. The van der Waals surface area contributed by atoms with Crippen molar-refractivity contribution in [3.63, 3.8) is 0 Å². The van der Waals surface area contributed by atoms with E-state index in [9.17, 15) is 9.59 Å². The van der Waals surface area contributed by atoms with E-state index in [0.29, 0.717) is 19.4 Å². The molecule has 1 aliphatic heterocycles. The van der Waals surface area contributed by atoms with E-state index >= 15 is 0 Å². The number of fused-ring (bicyclic) bond motifs is 1. The number of amides is 1. The largest absolute Gasteiger partial charge is 0.481 e. The fourth-order valence-corrected chi connectivity index (χ4v) is 2.48. The van der Waals surface area contributed by atoms with Gasteiger partial charge in [-0.3, -0.25) is 9.59 Å². The van der Waals surface area contributed by atoms with Gasteiger partial charge >= 0.3 is 5.97 Å². The van der Waals surface area contributed by atoms with E-state index in [-0.39, 0.29) is 12.3 Å². The molecule has 1 amide bonds. The van der Waals surface area contributed by atoms with Gasteiger partial charge in [-0.1, -0.05) is 18.2 Å². The molecule has 102 valence electrons. The number of carbonyl (C=O) groups is 2. The molecule has 1 aliphatic rings. The monoisotopic (exact) mass is 261 g/mol. The topological polar surface area (TPSA) is 57.6 Å². The number of carboxylic acid groups (broad SMARTS) is 1. The Morgan fingerprint density at radius 2 is 2.00 bits per heavy atom. The highest BCUT2D eigenvalue weighted by Crippen LogP contribution is 2.27. The van der Waals surface area contributed by atoms with Crippen LogP contribution in [0.5, 0.6) is 0 Å². The quantitative estimate of drug-likeness (QED) is 0.829. The SMILES string of the molecule is O=C(O)CCCCN1C(=O)CCCc2ccccc21. The molecule has 0 saturated carbocycles. The van der Waals surface area contributed by atoms with Gasteiger partial charge < -0.3 is 10.0 Å². The third-order valence-electron chi connectivity index (χ3n) is 3.44. The third-order valence-corrected chi connectivity index (χ3v) is 3.44. The number of hydrogen-bond acceptors (Lipinski definition) is 2. The van der Waals surface area contributed by atoms with Gasteiger partial charge in [-0.05, 0) is 37.3 Å². The van der Waals surface area contributed by atoms with Gasteiger partial charge in [-0.15, -0.1) is 0 Å². The van der Waals surface area contributed by atoms with Crippen LogP contribution in [0, 0.1) is 0 Å². The van der Waals surface area contributed by atoms with Crippen LogP contribution in [0.15, 0.2) is 24.3 Å². The highest BCUT2D eigenvalue weighted by molar-refractivity contribution is 5.94. The van der Waals surface area contributed by atoms with E-state index in [1.165, 1.54) is 5.56 Å². The summed E-state index contributed by atoms with van der Waals surface area (Å²) in [4.78, 5) is 24.4. The van der Waals surface area contributed by atoms with E-state index in [0.717, 1.165) is 24.9 Å². The zero-order valence-electron chi connectivity index (χ0n) is 11.0.